The topological polar surface area (TPSA) is 84.5 Å². The summed E-state index contributed by atoms with van der Waals surface area (Å²) in [4.78, 5) is 27.5. The molecule has 1 aliphatic heterocycles. The van der Waals surface area contributed by atoms with Gasteiger partial charge in [-0.3, -0.25) is 14.8 Å². The van der Waals surface area contributed by atoms with E-state index in [4.69, 9.17) is 9.47 Å². The van der Waals surface area contributed by atoms with Crippen LogP contribution in [0.4, 0.5) is 5.69 Å². The molecule has 1 N–H and O–H groups in total. The highest BCUT2D eigenvalue weighted by atomic mass is 16.5. The van der Waals surface area contributed by atoms with Crippen molar-refractivity contribution in [1.82, 2.24) is 10.2 Å². The summed E-state index contributed by atoms with van der Waals surface area (Å²) >= 11 is 0. The molecule has 0 unspecified atom stereocenters. The molecular formula is C28H25N3O4. The van der Waals surface area contributed by atoms with Crippen LogP contribution in [0.5, 0.6) is 5.75 Å². The lowest BCUT2D eigenvalue weighted by atomic mass is 9.95. The fraction of sp³-hybridized carbons (Fsp3) is 0.179. The van der Waals surface area contributed by atoms with E-state index >= 15 is 0 Å². The van der Waals surface area contributed by atoms with Crippen molar-refractivity contribution in [3.05, 3.63) is 101 Å². The van der Waals surface area contributed by atoms with Gasteiger partial charge in [0.15, 0.2) is 0 Å². The maximum absolute atomic E-state index is 13.7. The molecule has 1 amide bonds. The van der Waals surface area contributed by atoms with Gasteiger partial charge in [0.2, 0.25) is 0 Å². The zero-order valence-electron chi connectivity index (χ0n) is 19.7. The molecule has 2 heterocycles. The van der Waals surface area contributed by atoms with Gasteiger partial charge in [-0.25, -0.2) is 4.79 Å². The predicted octanol–water partition coefficient (Wildman–Crippen LogP) is 5.32. The van der Waals surface area contributed by atoms with Gasteiger partial charge in [-0.05, 0) is 67.9 Å². The van der Waals surface area contributed by atoms with Crippen molar-refractivity contribution >= 4 is 17.6 Å². The number of hydrogen-bond donors (Lipinski definition) is 1. The van der Waals surface area contributed by atoms with Gasteiger partial charge in [0.05, 0.1) is 31.0 Å². The van der Waals surface area contributed by atoms with Crippen LogP contribution in [0.2, 0.25) is 0 Å². The fourth-order valence-corrected chi connectivity index (χ4v) is 4.42. The van der Waals surface area contributed by atoms with Crippen LogP contribution in [0.15, 0.2) is 72.8 Å². The molecule has 0 spiro atoms. The molecule has 7 nitrogen and oxygen atoms in total. The lowest BCUT2D eigenvalue weighted by Gasteiger charge is -2.26. The standard InChI is InChI=1S/C28H25N3O4/c1-4-35-28(33)20-9-13-21(14-10-20)31-26(19-7-5-17(2)6-8-19)23-24(29-30-25(23)27(31)32)18-11-15-22(34-3)16-12-18/h5-16,26H,4H2,1-3H3,(H,29,30)/t26-/m1/s1. The number of amides is 1. The number of rotatable bonds is 6. The Morgan fingerprint density at radius 1 is 1.00 bits per heavy atom. The second-order valence-corrected chi connectivity index (χ2v) is 8.35. The maximum Gasteiger partial charge on any atom is 0.338 e. The van der Waals surface area contributed by atoms with Gasteiger partial charge < -0.3 is 9.47 Å². The Morgan fingerprint density at radius 3 is 2.31 bits per heavy atom. The van der Waals surface area contributed by atoms with Crippen LogP contribution >= 0.6 is 0 Å². The molecule has 0 radical (unpaired) electrons. The van der Waals surface area contributed by atoms with Crippen LogP contribution in [-0.2, 0) is 4.74 Å². The molecule has 35 heavy (non-hydrogen) atoms. The van der Waals surface area contributed by atoms with Gasteiger partial charge >= 0.3 is 5.97 Å². The Labute approximate surface area is 203 Å². The van der Waals surface area contributed by atoms with E-state index in [9.17, 15) is 9.59 Å². The molecule has 7 heteroatoms. The highest BCUT2D eigenvalue weighted by Crippen LogP contribution is 2.45. The van der Waals surface area contributed by atoms with Crippen LogP contribution in [-0.4, -0.2) is 35.8 Å². The number of fused-ring (bicyclic) bond motifs is 1. The van der Waals surface area contributed by atoms with Crippen molar-refractivity contribution in [2.24, 2.45) is 0 Å². The summed E-state index contributed by atoms with van der Waals surface area (Å²) in [6, 6.07) is 22.3. The zero-order chi connectivity index (χ0) is 24.5. The summed E-state index contributed by atoms with van der Waals surface area (Å²) in [5, 5.41) is 7.49. The molecule has 0 bridgehead atoms. The molecule has 176 valence electrons. The Hall–Kier alpha value is -4.39. The first-order valence-electron chi connectivity index (χ1n) is 11.4. The average molecular weight is 468 g/mol. The highest BCUT2D eigenvalue weighted by molar-refractivity contribution is 6.12. The second kappa shape index (κ2) is 9.10. The number of carbonyl (C=O) groups excluding carboxylic acids is 2. The molecule has 1 atom stereocenters. The van der Waals surface area contributed by atoms with E-state index in [0.29, 0.717) is 29.2 Å². The minimum absolute atomic E-state index is 0.179. The molecule has 0 aliphatic carbocycles. The van der Waals surface area contributed by atoms with Crippen LogP contribution in [0.1, 0.15) is 50.5 Å². The number of nitrogens with one attached hydrogen (secondary N) is 1. The van der Waals surface area contributed by atoms with E-state index in [-0.39, 0.29) is 11.9 Å². The first-order valence-corrected chi connectivity index (χ1v) is 11.4. The molecule has 4 aromatic rings. The molecule has 5 rings (SSSR count). The number of H-pyrrole nitrogens is 1. The third-order valence-electron chi connectivity index (χ3n) is 6.18. The number of aryl methyl sites for hydroxylation is 1. The van der Waals surface area contributed by atoms with E-state index in [1.807, 2.05) is 55.5 Å². The number of aromatic nitrogens is 2. The van der Waals surface area contributed by atoms with E-state index in [1.54, 1.807) is 43.2 Å². The molecule has 1 aliphatic rings. The summed E-state index contributed by atoms with van der Waals surface area (Å²) in [6.45, 7) is 4.10. The Bertz CT molecular complexity index is 1370. The summed E-state index contributed by atoms with van der Waals surface area (Å²) in [6.07, 6.45) is 0. The number of benzene rings is 3. The molecule has 0 saturated heterocycles. The number of anilines is 1. The van der Waals surface area contributed by atoms with E-state index < -0.39 is 5.97 Å². The van der Waals surface area contributed by atoms with Gasteiger partial charge in [0.1, 0.15) is 11.4 Å². The van der Waals surface area contributed by atoms with Crippen molar-refractivity contribution in [2.45, 2.75) is 19.9 Å². The third-order valence-corrected chi connectivity index (χ3v) is 6.18. The summed E-state index contributed by atoms with van der Waals surface area (Å²) in [5.74, 6) is 0.176. The van der Waals surface area contributed by atoms with Crippen molar-refractivity contribution in [3.63, 3.8) is 0 Å². The van der Waals surface area contributed by atoms with E-state index in [2.05, 4.69) is 10.2 Å². The summed E-state index contributed by atoms with van der Waals surface area (Å²) in [7, 11) is 1.62. The first kappa shape index (κ1) is 22.4. The summed E-state index contributed by atoms with van der Waals surface area (Å²) < 4.78 is 10.4. The number of hydrogen-bond acceptors (Lipinski definition) is 5. The van der Waals surface area contributed by atoms with E-state index in [1.165, 1.54) is 0 Å². The van der Waals surface area contributed by atoms with Crippen molar-refractivity contribution in [3.8, 4) is 17.0 Å². The summed E-state index contributed by atoms with van der Waals surface area (Å²) in [5.41, 5.74) is 6.08. The minimum Gasteiger partial charge on any atom is -0.497 e. The smallest absolute Gasteiger partial charge is 0.338 e. The van der Waals surface area contributed by atoms with Crippen LogP contribution < -0.4 is 9.64 Å². The maximum atomic E-state index is 13.7. The van der Waals surface area contributed by atoms with Gasteiger partial charge in [-0.15, -0.1) is 0 Å². The SMILES string of the molecule is CCOC(=O)c1ccc(N2C(=O)c3[nH]nc(-c4ccc(OC)cc4)c3[C@H]2c2ccc(C)cc2)cc1. The molecule has 0 saturated carbocycles. The quantitative estimate of drug-likeness (QED) is 0.388. The normalized spacial score (nSPS) is 14.7. The van der Waals surface area contributed by atoms with Crippen molar-refractivity contribution < 1.29 is 19.1 Å². The van der Waals surface area contributed by atoms with Crippen LogP contribution in [0.25, 0.3) is 11.3 Å². The number of methoxy groups -OCH3 is 1. The van der Waals surface area contributed by atoms with Gasteiger partial charge in [0, 0.05) is 16.8 Å². The second-order valence-electron chi connectivity index (χ2n) is 8.35. The highest BCUT2D eigenvalue weighted by Gasteiger charge is 2.43. The number of nitrogens with zero attached hydrogens (tertiary/aromatic N) is 2. The monoisotopic (exact) mass is 467 g/mol. The predicted molar refractivity (Wildman–Crippen MR) is 133 cm³/mol. The van der Waals surface area contributed by atoms with Crippen molar-refractivity contribution in [1.29, 1.82) is 0 Å². The van der Waals surface area contributed by atoms with Gasteiger partial charge in [0.25, 0.3) is 5.91 Å². The zero-order valence-corrected chi connectivity index (χ0v) is 19.7. The van der Waals surface area contributed by atoms with Gasteiger partial charge in [-0.1, -0.05) is 29.8 Å². The largest absolute Gasteiger partial charge is 0.497 e. The molecule has 0 fully saturated rings. The van der Waals surface area contributed by atoms with E-state index in [0.717, 1.165) is 28.0 Å². The number of aromatic amines is 1. The van der Waals surface area contributed by atoms with Crippen LogP contribution in [0, 0.1) is 6.92 Å². The first-order chi connectivity index (χ1) is 17.0. The van der Waals surface area contributed by atoms with Crippen LogP contribution in [0.3, 0.4) is 0 Å². The Kier molecular flexibility index (Phi) is 5.82. The third kappa shape index (κ3) is 3.95. The lowest BCUT2D eigenvalue weighted by Crippen LogP contribution is -2.29. The molecule has 1 aromatic heterocycles. The number of ether oxygens (including phenoxy) is 2. The Balaban J connectivity index is 1.62. The lowest BCUT2D eigenvalue weighted by molar-refractivity contribution is 0.0526. The fourth-order valence-electron chi connectivity index (χ4n) is 4.42. The van der Waals surface area contributed by atoms with Gasteiger partial charge in [-0.2, -0.15) is 5.10 Å². The average Bonchev–Trinajstić information content (AvgIpc) is 3.44. The van der Waals surface area contributed by atoms with Crippen molar-refractivity contribution in [2.75, 3.05) is 18.6 Å². The molecule has 3 aromatic carbocycles. The Morgan fingerprint density at radius 2 is 1.69 bits per heavy atom. The number of esters is 1. The molecular weight excluding hydrogens is 442 g/mol. The minimum atomic E-state index is -0.391. The number of carbonyl (C=O) groups is 2.